The Morgan fingerprint density at radius 2 is 2.06 bits per heavy atom. The maximum absolute atomic E-state index is 13.0. The summed E-state index contributed by atoms with van der Waals surface area (Å²) in [6, 6.07) is 3.30. The van der Waals surface area contributed by atoms with Crippen molar-refractivity contribution < 1.29 is 12.8 Å². The zero-order chi connectivity index (χ0) is 11.8. The third-order valence-electron chi connectivity index (χ3n) is 2.69. The smallest absolute Gasteiger partial charge is 0.242 e. The van der Waals surface area contributed by atoms with Gasteiger partial charge < -0.3 is 5.73 Å². The number of anilines is 1. The summed E-state index contributed by atoms with van der Waals surface area (Å²) in [5.41, 5.74) is 5.59. The van der Waals surface area contributed by atoms with Crippen LogP contribution in [0.15, 0.2) is 23.1 Å². The van der Waals surface area contributed by atoms with Gasteiger partial charge in [-0.25, -0.2) is 17.5 Å². The molecule has 4 nitrogen and oxygen atoms in total. The molecule has 0 unspecified atom stereocenters. The molecular formula is C10H13FN2O2S. The van der Waals surface area contributed by atoms with Crippen molar-refractivity contribution in [1.82, 2.24) is 4.72 Å². The fraction of sp³-hybridized carbons (Fsp3) is 0.400. The minimum Gasteiger partial charge on any atom is -0.398 e. The molecular weight excluding hydrogens is 231 g/mol. The van der Waals surface area contributed by atoms with Crippen LogP contribution in [0.25, 0.3) is 0 Å². The zero-order valence-corrected chi connectivity index (χ0v) is 9.43. The van der Waals surface area contributed by atoms with E-state index in [0.29, 0.717) is 0 Å². The maximum atomic E-state index is 13.0. The Bertz CT molecular complexity index is 498. The first kappa shape index (κ1) is 11.3. The highest BCUT2D eigenvalue weighted by Gasteiger charge is 2.26. The molecule has 1 aromatic rings. The van der Waals surface area contributed by atoms with Gasteiger partial charge >= 0.3 is 0 Å². The highest BCUT2D eigenvalue weighted by atomic mass is 32.2. The average molecular weight is 244 g/mol. The van der Waals surface area contributed by atoms with E-state index in [0.717, 1.165) is 31.4 Å². The number of nitrogens with two attached hydrogens (primary N) is 1. The van der Waals surface area contributed by atoms with E-state index < -0.39 is 15.8 Å². The summed E-state index contributed by atoms with van der Waals surface area (Å²) >= 11 is 0. The molecule has 0 aliphatic heterocycles. The third-order valence-corrected chi connectivity index (χ3v) is 4.27. The third kappa shape index (κ3) is 2.17. The van der Waals surface area contributed by atoms with Gasteiger partial charge in [-0.3, -0.25) is 0 Å². The van der Waals surface area contributed by atoms with Crippen molar-refractivity contribution in [3.8, 4) is 0 Å². The van der Waals surface area contributed by atoms with Gasteiger partial charge in [-0.2, -0.15) is 0 Å². The molecule has 0 heterocycles. The quantitative estimate of drug-likeness (QED) is 0.786. The van der Waals surface area contributed by atoms with Gasteiger partial charge in [0, 0.05) is 6.04 Å². The minimum absolute atomic E-state index is 0.0346. The minimum atomic E-state index is -3.69. The summed E-state index contributed by atoms with van der Waals surface area (Å²) in [5.74, 6) is -0.608. The van der Waals surface area contributed by atoms with Crippen molar-refractivity contribution in [2.24, 2.45) is 0 Å². The molecule has 2 rings (SSSR count). The van der Waals surface area contributed by atoms with Crippen LogP contribution >= 0.6 is 0 Å². The van der Waals surface area contributed by atoms with Crippen LogP contribution in [-0.2, 0) is 10.0 Å². The zero-order valence-electron chi connectivity index (χ0n) is 8.61. The van der Waals surface area contributed by atoms with Crippen molar-refractivity contribution >= 4 is 15.7 Å². The lowest BCUT2D eigenvalue weighted by Gasteiger charge is -2.26. The molecule has 1 aliphatic rings. The lowest BCUT2D eigenvalue weighted by Crippen LogP contribution is -2.39. The van der Waals surface area contributed by atoms with E-state index in [4.69, 9.17) is 5.73 Å². The standard InChI is InChI=1S/C10H13FN2O2S/c11-7-4-5-9(12)10(6-7)16(14,15)13-8-2-1-3-8/h4-6,8,13H,1-3,12H2. The fourth-order valence-corrected chi connectivity index (χ4v) is 3.00. The van der Waals surface area contributed by atoms with E-state index in [-0.39, 0.29) is 16.6 Å². The van der Waals surface area contributed by atoms with Gasteiger partial charge in [-0.15, -0.1) is 0 Å². The van der Waals surface area contributed by atoms with Gasteiger partial charge in [0.2, 0.25) is 10.0 Å². The molecule has 88 valence electrons. The second-order valence-corrected chi connectivity index (χ2v) is 5.61. The number of benzene rings is 1. The number of halogens is 1. The molecule has 1 fully saturated rings. The topological polar surface area (TPSA) is 72.2 Å². The van der Waals surface area contributed by atoms with E-state index in [9.17, 15) is 12.8 Å². The Balaban J connectivity index is 2.30. The Hall–Kier alpha value is -1.14. The molecule has 0 atom stereocenters. The Labute approximate surface area is 93.7 Å². The molecule has 1 saturated carbocycles. The number of nitrogens with one attached hydrogen (secondary N) is 1. The van der Waals surface area contributed by atoms with Gasteiger partial charge in [0.1, 0.15) is 10.7 Å². The molecule has 0 saturated heterocycles. The van der Waals surface area contributed by atoms with Gasteiger partial charge in [0.15, 0.2) is 0 Å². The molecule has 0 bridgehead atoms. The Morgan fingerprint density at radius 1 is 1.38 bits per heavy atom. The van der Waals surface area contributed by atoms with Crippen LogP contribution in [0.1, 0.15) is 19.3 Å². The summed E-state index contributed by atoms with van der Waals surface area (Å²) in [5, 5.41) is 0. The lowest BCUT2D eigenvalue weighted by atomic mass is 9.94. The van der Waals surface area contributed by atoms with E-state index in [1.165, 1.54) is 6.07 Å². The molecule has 0 spiro atoms. The Kier molecular flexibility index (Phi) is 2.86. The van der Waals surface area contributed by atoms with Crippen LogP contribution in [0, 0.1) is 5.82 Å². The molecule has 1 aliphatic carbocycles. The van der Waals surface area contributed by atoms with Crippen LogP contribution in [0.5, 0.6) is 0 Å². The van der Waals surface area contributed by atoms with Crippen molar-refractivity contribution in [3.63, 3.8) is 0 Å². The number of hydrogen-bond donors (Lipinski definition) is 2. The fourth-order valence-electron chi connectivity index (χ4n) is 1.55. The average Bonchev–Trinajstić information content (AvgIpc) is 2.16. The number of hydrogen-bond acceptors (Lipinski definition) is 3. The largest absolute Gasteiger partial charge is 0.398 e. The van der Waals surface area contributed by atoms with E-state index in [1.807, 2.05) is 0 Å². The van der Waals surface area contributed by atoms with E-state index in [2.05, 4.69) is 4.72 Å². The summed E-state index contributed by atoms with van der Waals surface area (Å²) in [6.07, 6.45) is 2.68. The highest BCUT2D eigenvalue weighted by molar-refractivity contribution is 7.89. The Morgan fingerprint density at radius 3 is 2.62 bits per heavy atom. The monoisotopic (exact) mass is 244 g/mol. The van der Waals surface area contributed by atoms with Crippen LogP contribution in [0.3, 0.4) is 0 Å². The van der Waals surface area contributed by atoms with E-state index >= 15 is 0 Å². The normalized spacial score (nSPS) is 17.1. The van der Waals surface area contributed by atoms with Crippen molar-refractivity contribution in [3.05, 3.63) is 24.0 Å². The SMILES string of the molecule is Nc1ccc(F)cc1S(=O)(=O)NC1CCC1. The van der Waals surface area contributed by atoms with Gasteiger partial charge in [-0.1, -0.05) is 6.42 Å². The van der Waals surface area contributed by atoms with Gasteiger partial charge in [0.25, 0.3) is 0 Å². The maximum Gasteiger partial charge on any atom is 0.242 e. The van der Waals surface area contributed by atoms with Crippen molar-refractivity contribution in [1.29, 1.82) is 0 Å². The summed E-state index contributed by atoms with van der Waals surface area (Å²) in [7, 11) is -3.69. The first-order valence-corrected chi connectivity index (χ1v) is 6.55. The van der Waals surface area contributed by atoms with Crippen molar-refractivity contribution in [2.75, 3.05) is 5.73 Å². The van der Waals surface area contributed by atoms with E-state index in [1.54, 1.807) is 0 Å². The second-order valence-electron chi connectivity index (χ2n) is 3.93. The number of rotatable bonds is 3. The summed E-state index contributed by atoms with van der Waals surface area (Å²) < 4.78 is 39.2. The molecule has 3 N–H and O–H groups in total. The molecule has 0 amide bonds. The van der Waals surface area contributed by atoms with Crippen LogP contribution < -0.4 is 10.5 Å². The summed E-state index contributed by atoms with van der Waals surface area (Å²) in [6.45, 7) is 0. The molecule has 1 aromatic carbocycles. The number of sulfonamides is 1. The first-order chi connectivity index (χ1) is 7.49. The highest BCUT2D eigenvalue weighted by Crippen LogP contribution is 2.24. The second kappa shape index (κ2) is 4.03. The predicted molar refractivity (Wildman–Crippen MR) is 58.8 cm³/mol. The molecule has 6 heteroatoms. The lowest BCUT2D eigenvalue weighted by molar-refractivity contribution is 0.383. The first-order valence-electron chi connectivity index (χ1n) is 5.06. The summed E-state index contributed by atoms with van der Waals surface area (Å²) in [4.78, 5) is -0.181. The molecule has 16 heavy (non-hydrogen) atoms. The van der Waals surface area contributed by atoms with Crippen molar-refractivity contribution in [2.45, 2.75) is 30.2 Å². The molecule has 0 radical (unpaired) electrons. The van der Waals surface area contributed by atoms with Gasteiger partial charge in [-0.05, 0) is 31.0 Å². The van der Waals surface area contributed by atoms with Crippen LogP contribution in [-0.4, -0.2) is 14.5 Å². The molecule has 0 aromatic heterocycles. The number of nitrogen functional groups attached to an aromatic ring is 1. The van der Waals surface area contributed by atoms with Crippen LogP contribution in [0.2, 0.25) is 0 Å². The predicted octanol–water partition coefficient (Wildman–Crippen LogP) is 1.24. The van der Waals surface area contributed by atoms with Crippen LogP contribution in [0.4, 0.5) is 10.1 Å². The van der Waals surface area contributed by atoms with Gasteiger partial charge in [0.05, 0.1) is 5.69 Å².